The van der Waals surface area contributed by atoms with E-state index in [1.54, 1.807) is 11.0 Å². The molecule has 0 radical (unpaired) electrons. The van der Waals surface area contributed by atoms with Crippen LogP contribution in [0.1, 0.15) is 56.1 Å². The maximum atomic E-state index is 12.4. The molecule has 1 aliphatic heterocycles. The number of carbonyl (C=O) groups is 2. The molecule has 1 amide bonds. The van der Waals surface area contributed by atoms with E-state index < -0.39 is 11.9 Å². The number of carboxylic acids is 1. The van der Waals surface area contributed by atoms with Crippen molar-refractivity contribution in [3.05, 3.63) is 18.0 Å². The summed E-state index contributed by atoms with van der Waals surface area (Å²) in [5.74, 6) is -1.44. The molecule has 21 heavy (non-hydrogen) atoms. The Hall–Kier alpha value is -1.85. The van der Waals surface area contributed by atoms with Crippen LogP contribution in [0.25, 0.3) is 0 Å². The SMILES string of the molecule is CCC(CC)n1ccc(C(=O)N2CCCC(C(=O)O)C2)n1. The molecule has 116 valence electrons. The van der Waals surface area contributed by atoms with Gasteiger partial charge in [0.1, 0.15) is 5.69 Å². The fourth-order valence-corrected chi connectivity index (χ4v) is 2.84. The third-order valence-corrected chi connectivity index (χ3v) is 4.20. The highest BCUT2D eigenvalue weighted by atomic mass is 16.4. The van der Waals surface area contributed by atoms with E-state index in [4.69, 9.17) is 5.11 Å². The standard InChI is InChI=1S/C15H23N3O3/c1-3-12(4-2)18-9-7-13(16-18)14(19)17-8-5-6-11(10-17)15(20)21/h7,9,11-12H,3-6,8,10H2,1-2H3,(H,20,21). The minimum atomic E-state index is -0.824. The molecule has 0 saturated carbocycles. The third-order valence-electron chi connectivity index (χ3n) is 4.20. The highest BCUT2D eigenvalue weighted by Gasteiger charge is 2.29. The van der Waals surface area contributed by atoms with Crippen molar-refractivity contribution in [3.63, 3.8) is 0 Å². The molecular formula is C15H23N3O3. The van der Waals surface area contributed by atoms with Crippen LogP contribution in [0.2, 0.25) is 0 Å². The maximum absolute atomic E-state index is 12.4. The molecule has 1 fully saturated rings. The van der Waals surface area contributed by atoms with Crippen molar-refractivity contribution in [1.29, 1.82) is 0 Å². The zero-order valence-corrected chi connectivity index (χ0v) is 12.7. The Balaban J connectivity index is 2.07. The second-order valence-corrected chi connectivity index (χ2v) is 5.58. The molecule has 0 bridgehead atoms. The Morgan fingerprint density at radius 1 is 1.43 bits per heavy atom. The average molecular weight is 293 g/mol. The summed E-state index contributed by atoms with van der Waals surface area (Å²) in [6.45, 7) is 5.09. The second kappa shape index (κ2) is 6.74. The quantitative estimate of drug-likeness (QED) is 0.903. The van der Waals surface area contributed by atoms with Crippen LogP contribution in [0.3, 0.4) is 0 Å². The summed E-state index contributed by atoms with van der Waals surface area (Å²) in [6, 6.07) is 2.03. The summed E-state index contributed by atoms with van der Waals surface area (Å²) < 4.78 is 1.84. The van der Waals surface area contributed by atoms with Gasteiger partial charge in [0.05, 0.1) is 12.0 Å². The van der Waals surface area contributed by atoms with Crippen molar-refractivity contribution in [1.82, 2.24) is 14.7 Å². The largest absolute Gasteiger partial charge is 0.481 e. The number of nitrogens with zero attached hydrogens (tertiary/aromatic N) is 3. The second-order valence-electron chi connectivity index (χ2n) is 5.58. The predicted molar refractivity (Wildman–Crippen MR) is 78.1 cm³/mol. The van der Waals surface area contributed by atoms with E-state index in [-0.39, 0.29) is 12.5 Å². The molecular weight excluding hydrogens is 270 g/mol. The lowest BCUT2D eigenvalue weighted by Crippen LogP contribution is -2.42. The summed E-state index contributed by atoms with van der Waals surface area (Å²) in [6.07, 6.45) is 5.15. The number of amides is 1. The first-order valence-corrected chi connectivity index (χ1v) is 7.64. The number of carboxylic acid groups (broad SMARTS) is 1. The summed E-state index contributed by atoms with van der Waals surface area (Å²) in [7, 11) is 0. The highest BCUT2D eigenvalue weighted by molar-refractivity contribution is 5.92. The molecule has 1 unspecified atom stereocenters. The predicted octanol–water partition coefficient (Wildman–Crippen LogP) is 2.18. The van der Waals surface area contributed by atoms with Gasteiger partial charge in [0.25, 0.3) is 5.91 Å². The van der Waals surface area contributed by atoms with Crippen molar-refractivity contribution in [2.45, 2.75) is 45.6 Å². The summed E-state index contributed by atoms with van der Waals surface area (Å²) in [4.78, 5) is 25.1. The van der Waals surface area contributed by atoms with E-state index in [0.29, 0.717) is 24.7 Å². The van der Waals surface area contributed by atoms with Crippen molar-refractivity contribution in [2.24, 2.45) is 5.92 Å². The molecule has 1 aromatic rings. The van der Waals surface area contributed by atoms with Crippen molar-refractivity contribution in [2.75, 3.05) is 13.1 Å². The van der Waals surface area contributed by atoms with Crippen LogP contribution in [-0.2, 0) is 4.79 Å². The van der Waals surface area contributed by atoms with Crippen LogP contribution in [0, 0.1) is 5.92 Å². The summed E-state index contributed by atoms with van der Waals surface area (Å²) in [5, 5.41) is 13.5. The number of hydrogen-bond acceptors (Lipinski definition) is 3. The molecule has 0 aliphatic carbocycles. The molecule has 6 heteroatoms. The zero-order chi connectivity index (χ0) is 15.4. The van der Waals surface area contributed by atoms with Gasteiger partial charge in [-0.2, -0.15) is 5.10 Å². The number of aromatic nitrogens is 2. The van der Waals surface area contributed by atoms with Gasteiger partial charge < -0.3 is 10.0 Å². The van der Waals surface area contributed by atoms with E-state index in [9.17, 15) is 9.59 Å². The normalized spacial score (nSPS) is 19.0. The molecule has 1 saturated heterocycles. The van der Waals surface area contributed by atoms with Crippen molar-refractivity contribution < 1.29 is 14.7 Å². The molecule has 2 heterocycles. The maximum Gasteiger partial charge on any atom is 0.308 e. The first-order valence-electron chi connectivity index (χ1n) is 7.64. The molecule has 1 aliphatic rings. The van der Waals surface area contributed by atoms with E-state index in [1.807, 2.05) is 10.9 Å². The van der Waals surface area contributed by atoms with Gasteiger partial charge in [-0.1, -0.05) is 13.8 Å². The van der Waals surface area contributed by atoms with E-state index >= 15 is 0 Å². The number of carbonyl (C=O) groups excluding carboxylic acids is 1. The molecule has 1 atom stereocenters. The van der Waals surface area contributed by atoms with Gasteiger partial charge in [-0.15, -0.1) is 0 Å². The van der Waals surface area contributed by atoms with Gasteiger partial charge in [-0.25, -0.2) is 0 Å². The Kier molecular flexibility index (Phi) is 4.98. The fraction of sp³-hybridized carbons (Fsp3) is 0.667. The van der Waals surface area contributed by atoms with Crippen LogP contribution >= 0.6 is 0 Å². The van der Waals surface area contributed by atoms with Gasteiger partial charge >= 0.3 is 5.97 Å². The Bertz CT molecular complexity index is 508. The lowest BCUT2D eigenvalue weighted by atomic mass is 9.98. The molecule has 2 rings (SSSR count). The van der Waals surface area contributed by atoms with Gasteiger partial charge in [-0.05, 0) is 31.7 Å². The van der Waals surface area contributed by atoms with Crippen LogP contribution in [0.15, 0.2) is 12.3 Å². The highest BCUT2D eigenvalue weighted by Crippen LogP contribution is 2.19. The molecule has 1 N–H and O–H groups in total. The monoisotopic (exact) mass is 293 g/mol. The molecule has 6 nitrogen and oxygen atoms in total. The minimum Gasteiger partial charge on any atom is -0.481 e. The first-order chi connectivity index (χ1) is 10.1. The molecule has 0 spiro atoms. The van der Waals surface area contributed by atoms with Gasteiger partial charge in [0, 0.05) is 19.3 Å². The van der Waals surface area contributed by atoms with Crippen molar-refractivity contribution in [3.8, 4) is 0 Å². The third kappa shape index (κ3) is 3.43. The number of hydrogen-bond donors (Lipinski definition) is 1. The number of piperidine rings is 1. The van der Waals surface area contributed by atoms with E-state index in [0.717, 1.165) is 19.3 Å². The lowest BCUT2D eigenvalue weighted by molar-refractivity contribution is -0.143. The van der Waals surface area contributed by atoms with E-state index in [2.05, 4.69) is 18.9 Å². The topological polar surface area (TPSA) is 75.4 Å². The first kappa shape index (κ1) is 15.5. The van der Waals surface area contributed by atoms with Gasteiger partial charge in [0.15, 0.2) is 0 Å². The Morgan fingerprint density at radius 3 is 2.76 bits per heavy atom. The lowest BCUT2D eigenvalue weighted by Gasteiger charge is -2.30. The molecule has 0 aromatic carbocycles. The van der Waals surface area contributed by atoms with Gasteiger partial charge in [0.2, 0.25) is 0 Å². The number of likely N-dealkylation sites (tertiary alicyclic amines) is 1. The van der Waals surface area contributed by atoms with E-state index in [1.165, 1.54) is 0 Å². The number of aliphatic carboxylic acids is 1. The van der Waals surface area contributed by atoms with Gasteiger partial charge in [-0.3, -0.25) is 14.3 Å². The molecule has 1 aromatic heterocycles. The van der Waals surface area contributed by atoms with Crippen LogP contribution < -0.4 is 0 Å². The van der Waals surface area contributed by atoms with Crippen molar-refractivity contribution >= 4 is 11.9 Å². The summed E-state index contributed by atoms with van der Waals surface area (Å²) in [5.41, 5.74) is 0.410. The Labute approximate surface area is 124 Å². The minimum absolute atomic E-state index is 0.161. The average Bonchev–Trinajstić information content (AvgIpc) is 2.97. The number of rotatable bonds is 5. The van der Waals surface area contributed by atoms with Crippen LogP contribution in [-0.4, -0.2) is 44.8 Å². The van der Waals surface area contributed by atoms with Crippen LogP contribution in [0.4, 0.5) is 0 Å². The zero-order valence-electron chi connectivity index (χ0n) is 12.7. The Morgan fingerprint density at radius 2 is 2.14 bits per heavy atom. The summed E-state index contributed by atoms with van der Waals surface area (Å²) >= 11 is 0. The smallest absolute Gasteiger partial charge is 0.308 e. The van der Waals surface area contributed by atoms with Crippen LogP contribution in [0.5, 0.6) is 0 Å². The fourth-order valence-electron chi connectivity index (χ4n) is 2.84.